The zero-order valence-electron chi connectivity index (χ0n) is 15.7. The van der Waals surface area contributed by atoms with Gasteiger partial charge in [-0.3, -0.25) is 9.69 Å². The zero-order chi connectivity index (χ0) is 19.1. The van der Waals surface area contributed by atoms with Crippen molar-refractivity contribution >= 4 is 39.9 Å². The lowest BCUT2D eigenvalue weighted by molar-refractivity contribution is -0.133. The van der Waals surface area contributed by atoms with Gasteiger partial charge in [0.15, 0.2) is 0 Å². The molecule has 1 saturated heterocycles. The summed E-state index contributed by atoms with van der Waals surface area (Å²) in [7, 11) is 0. The highest BCUT2D eigenvalue weighted by Crippen LogP contribution is 2.40. The number of hydrogen-bond donors (Lipinski definition) is 0. The molecule has 1 aliphatic heterocycles. The highest BCUT2D eigenvalue weighted by atomic mass is 35.5. The molecular formula is C21H23ClN4OS. The van der Waals surface area contributed by atoms with Crippen molar-refractivity contribution in [2.75, 3.05) is 26.2 Å². The average molecular weight is 415 g/mol. The summed E-state index contributed by atoms with van der Waals surface area (Å²) < 4.78 is 2.98. The third-order valence-corrected chi connectivity index (χ3v) is 6.87. The Balaban J connectivity index is 1.24. The Bertz CT molecular complexity index is 1000. The number of carbonyl (C=O) groups is 1. The number of rotatable bonds is 5. The Kier molecular flexibility index (Phi) is 4.87. The van der Waals surface area contributed by atoms with Gasteiger partial charge in [0.1, 0.15) is 12.4 Å². The molecule has 3 aromatic rings. The average Bonchev–Trinajstić information content (AvgIpc) is 3.38. The lowest BCUT2D eigenvalue weighted by atomic mass is 10.2. The second-order valence-corrected chi connectivity index (χ2v) is 9.48. The third-order valence-electron chi connectivity index (χ3n) is 5.65. The third kappa shape index (κ3) is 3.69. The molecule has 5 rings (SSSR count). The van der Waals surface area contributed by atoms with Crippen LogP contribution in [0, 0.1) is 0 Å². The summed E-state index contributed by atoms with van der Waals surface area (Å²) >= 11 is 7.67. The van der Waals surface area contributed by atoms with Crippen LogP contribution in [0.15, 0.2) is 36.4 Å². The van der Waals surface area contributed by atoms with E-state index in [0.717, 1.165) is 53.9 Å². The summed E-state index contributed by atoms with van der Waals surface area (Å²) in [5.74, 6) is 1.81. The zero-order valence-corrected chi connectivity index (χ0v) is 17.3. The minimum Gasteiger partial charge on any atom is -0.339 e. The number of piperazine rings is 1. The van der Waals surface area contributed by atoms with Gasteiger partial charge in [0.05, 0.1) is 15.4 Å². The largest absolute Gasteiger partial charge is 0.339 e. The maximum absolute atomic E-state index is 13.0. The Morgan fingerprint density at radius 3 is 2.61 bits per heavy atom. The number of carbonyl (C=O) groups excluding carboxylic acids is 1. The summed E-state index contributed by atoms with van der Waals surface area (Å²) in [6.07, 6.45) is 2.37. The molecule has 2 aliphatic rings. The van der Waals surface area contributed by atoms with Crippen molar-refractivity contribution in [2.24, 2.45) is 0 Å². The maximum Gasteiger partial charge on any atom is 0.242 e. The van der Waals surface area contributed by atoms with E-state index in [1.807, 2.05) is 29.2 Å². The van der Waals surface area contributed by atoms with Crippen molar-refractivity contribution in [3.63, 3.8) is 0 Å². The number of halogens is 1. The quantitative estimate of drug-likeness (QED) is 0.634. The van der Waals surface area contributed by atoms with Gasteiger partial charge in [0.2, 0.25) is 5.91 Å². The number of imidazole rings is 1. The highest BCUT2D eigenvalue weighted by Gasteiger charge is 2.31. The predicted molar refractivity (Wildman–Crippen MR) is 113 cm³/mol. The smallest absolute Gasteiger partial charge is 0.242 e. The fourth-order valence-electron chi connectivity index (χ4n) is 3.96. The van der Waals surface area contributed by atoms with Crippen molar-refractivity contribution in [2.45, 2.75) is 31.8 Å². The molecule has 0 N–H and O–H groups in total. The summed E-state index contributed by atoms with van der Waals surface area (Å²) in [6.45, 7) is 4.68. The lowest BCUT2D eigenvalue weighted by Gasteiger charge is -2.34. The summed E-state index contributed by atoms with van der Waals surface area (Å²) in [5.41, 5.74) is 2.07. The molecule has 7 heteroatoms. The second kappa shape index (κ2) is 7.50. The van der Waals surface area contributed by atoms with Crippen molar-refractivity contribution in [1.82, 2.24) is 19.4 Å². The SMILES string of the molecule is O=C(Cn1c(C2CC2)nc2ccccc21)N1CCN(Cc2ccc(Cl)s2)CC1. The maximum atomic E-state index is 13.0. The van der Waals surface area contributed by atoms with E-state index in [1.54, 1.807) is 11.3 Å². The molecular weight excluding hydrogens is 392 g/mol. The standard InChI is InChI=1S/C21H23ClN4OS/c22-19-8-7-16(28-19)13-24-9-11-25(12-10-24)20(27)14-26-18-4-2-1-3-17(18)23-21(26)15-5-6-15/h1-4,7-8,15H,5-6,9-14H2. The number of hydrogen-bond acceptors (Lipinski definition) is 4. The van der Waals surface area contributed by atoms with Crippen molar-refractivity contribution in [1.29, 1.82) is 0 Å². The number of fused-ring (bicyclic) bond motifs is 1. The topological polar surface area (TPSA) is 41.4 Å². The molecule has 28 heavy (non-hydrogen) atoms. The monoisotopic (exact) mass is 414 g/mol. The Morgan fingerprint density at radius 2 is 1.89 bits per heavy atom. The van der Waals surface area contributed by atoms with Gasteiger partial charge in [-0.2, -0.15) is 0 Å². The Morgan fingerprint density at radius 1 is 1.11 bits per heavy atom. The van der Waals surface area contributed by atoms with Crippen LogP contribution in [0.5, 0.6) is 0 Å². The molecule has 0 radical (unpaired) electrons. The van der Waals surface area contributed by atoms with Crippen LogP contribution in [0.1, 0.15) is 29.5 Å². The van der Waals surface area contributed by atoms with Gasteiger partial charge in [0, 0.05) is 43.5 Å². The van der Waals surface area contributed by atoms with Gasteiger partial charge in [-0.15, -0.1) is 11.3 Å². The van der Waals surface area contributed by atoms with Gasteiger partial charge >= 0.3 is 0 Å². The molecule has 1 saturated carbocycles. The van der Waals surface area contributed by atoms with E-state index >= 15 is 0 Å². The lowest BCUT2D eigenvalue weighted by Crippen LogP contribution is -2.49. The van der Waals surface area contributed by atoms with Crippen LogP contribution in [0.3, 0.4) is 0 Å². The number of thiophene rings is 1. The van der Waals surface area contributed by atoms with E-state index in [-0.39, 0.29) is 5.91 Å². The fourth-order valence-corrected chi connectivity index (χ4v) is 5.09. The van der Waals surface area contributed by atoms with Crippen molar-refractivity contribution < 1.29 is 4.79 Å². The second-order valence-electron chi connectivity index (χ2n) is 7.68. The number of aromatic nitrogens is 2. The van der Waals surface area contributed by atoms with Crippen molar-refractivity contribution in [3.05, 3.63) is 51.4 Å². The number of amides is 1. The van der Waals surface area contributed by atoms with E-state index in [1.165, 1.54) is 17.7 Å². The van der Waals surface area contributed by atoms with Gasteiger partial charge in [-0.1, -0.05) is 23.7 Å². The van der Waals surface area contributed by atoms with Crippen molar-refractivity contribution in [3.8, 4) is 0 Å². The van der Waals surface area contributed by atoms with Gasteiger partial charge < -0.3 is 9.47 Å². The highest BCUT2D eigenvalue weighted by molar-refractivity contribution is 7.16. The Hall–Kier alpha value is -1.89. The molecule has 146 valence electrons. The van der Waals surface area contributed by atoms with E-state index < -0.39 is 0 Å². The molecule has 2 fully saturated rings. The summed E-state index contributed by atoms with van der Waals surface area (Å²) in [6, 6.07) is 12.2. The van der Waals surface area contributed by atoms with E-state index in [9.17, 15) is 4.79 Å². The normalized spacial score (nSPS) is 18.1. The molecule has 0 atom stereocenters. The molecule has 0 spiro atoms. The van der Waals surface area contributed by atoms with Gasteiger partial charge in [0.25, 0.3) is 0 Å². The fraction of sp³-hybridized carbons (Fsp3) is 0.429. The molecule has 0 bridgehead atoms. The number of para-hydroxylation sites is 2. The van der Waals surface area contributed by atoms with E-state index in [4.69, 9.17) is 16.6 Å². The number of nitrogens with zero attached hydrogens (tertiary/aromatic N) is 4. The van der Waals surface area contributed by atoms with Crippen LogP contribution in [0.4, 0.5) is 0 Å². The van der Waals surface area contributed by atoms with E-state index in [2.05, 4.69) is 21.6 Å². The molecule has 2 aromatic heterocycles. The minimum atomic E-state index is 0.198. The van der Waals surface area contributed by atoms with Gasteiger partial charge in [-0.05, 0) is 37.1 Å². The summed E-state index contributed by atoms with van der Waals surface area (Å²) in [5, 5.41) is 0. The minimum absolute atomic E-state index is 0.198. The molecule has 5 nitrogen and oxygen atoms in total. The van der Waals surface area contributed by atoms with Crippen LogP contribution >= 0.6 is 22.9 Å². The summed E-state index contributed by atoms with van der Waals surface area (Å²) in [4.78, 5) is 23.5. The molecule has 3 heterocycles. The number of benzene rings is 1. The molecule has 1 aromatic carbocycles. The van der Waals surface area contributed by atoms with E-state index in [0.29, 0.717) is 12.5 Å². The molecule has 1 amide bonds. The van der Waals surface area contributed by atoms with Crippen LogP contribution in [0.25, 0.3) is 11.0 Å². The van der Waals surface area contributed by atoms with Crippen LogP contribution in [-0.2, 0) is 17.9 Å². The van der Waals surface area contributed by atoms with Crippen LogP contribution < -0.4 is 0 Å². The van der Waals surface area contributed by atoms with Crippen LogP contribution in [0.2, 0.25) is 4.34 Å². The molecule has 0 unspecified atom stereocenters. The van der Waals surface area contributed by atoms with Crippen LogP contribution in [-0.4, -0.2) is 51.4 Å². The first-order valence-electron chi connectivity index (χ1n) is 9.87. The van der Waals surface area contributed by atoms with Gasteiger partial charge in [-0.25, -0.2) is 4.98 Å². The predicted octanol–water partition coefficient (Wildman–Crippen LogP) is 3.97. The first kappa shape index (κ1) is 18.2. The molecule has 1 aliphatic carbocycles. The first-order valence-corrected chi connectivity index (χ1v) is 11.1. The Labute approximate surface area is 173 Å². The first-order chi connectivity index (χ1) is 13.7.